The van der Waals surface area contributed by atoms with Gasteiger partial charge >= 0.3 is 0 Å². The van der Waals surface area contributed by atoms with Crippen molar-refractivity contribution < 1.29 is 27.4 Å². The third-order valence-electron chi connectivity index (χ3n) is 13.5. The van der Waals surface area contributed by atoms with Crippen LogP contribution in [0.1, 0.15) is 67.9 Å². The summed E-state index contributed by atoms with van der Waals surface area (Å²) >= 11 is 6.52. The number of nitrogens with zero attached hydrogens (tertiary/aromatic N) is 3. The minimum Gasteiger partial charge on any atom is -0.490 e. The van der Waals surface area contributed by atoms with Crippen LogP contribution in [-0.2, 0) is 31.3 Å². The number of hydrogen-bond donors (Lipinski definition) is 1. The zero-order valence-corrected chi connectivity index (χ0v) is 33.7. The molecule has 2 bridgehead atoms. The van der Waals surface area contributed by atoms with Crippen LogP contribution in [0.3, 0.4) is 0 Å². The molecule has 54 heavy (non-hydrogen) atoms. The Labute approximate surface area is 326 Å². The summed E-state index contributed by atoms with van der Waals surface area (Å²) in [5.41, 5.74) is 2.92. The monoisotopic (exact) mass is 780 g/mol. The maximum Gasteiger partial charge on any atom is 0.264 e. The highest BCUT2D eigenvalue weighted by atomic mass is 35.5. The largest absolute Gasteiger partial charge is 0.490 e. The molecule has 4 heterocycles. The number of carbonyl (C=O) groups is 1. The van der Waals surface area contributed by atoms with Crippen molar-refractivity contribution in [1.29, 1.82) is 0 Å². The van der Waals surface area contributed by atoms with Gasteiger partial charge in [0.1, 0.15) is 11.4 Å². The van der Waals surface area contributed by atoms with E-state index in [2.05, 4.69) is 57.6 Å². The summed E-state index contributed by atoms with van der Waals surface area (Å²) in [6.45, 7) is 15.2. The molecule has 3 fully saturated rings. The van der Waals surface area contributed by atoms with E-state index in [0.717, 1.165) is 108 Å². The van der Waals surface area contributed by atoms with Gasteiger partial charge in [-0.15, -0.1) is 0 Å². The lowest BCUT2D eigenvalue weighted by atomic mass is 9.63. The minimum atomic E-state index is -3.91. The zero-order chi connectivity index (χ0) is 37.7. The van der Waals surface area contributed by atoms with Crippen molar-refractivity contribution in [2.24, 2.45) is 23.7 Å². The number of sulfonamides is 1. The van der Waals surface area contributed by atoms with Gasteiger partial charge in [-0.1, -0.05) is 43.7 Å². The number of halogens is 1. The second-order valence-electron chi connectivity index (χ2n) is 17.0. The molecule has 2 aliphatic carbocycles. The molecule has 2 saturated heterocycles. The second kappa shape index (κ2) is 15.3. The lowest BCUT2D eigenvalue weighted by Crippen LogP contribution is -2.61. The summed E-state index contributed by atoms with van der Waals surface area (Å²) in [7, 11) is -3.91. The molecule has 0 unspecified atom stereocenters. The third kappa shape index (κ3) is 7.58. The Morgan fingerprint density at radius 3 is 2.59 bits per heavy atom. The summed E-state index contributed by atoms with van der Waals surface area (Å²) in [4.78, 5) is 21.2. The molecule has 1 spiro atoms. The first-order chi connectivity index (χ1) is 26.0. The first-order valence-corrected chi connectivity index (χ1v) is 22.2. The van der Waals surface area contributed by atoms with Gasteiger partial charge in [-0.2, -0.15) is 0 Å². The highest BCUT2D eigenvalue weighted by Crippen LogP contribution is 2.49. The number of ether oxygens (including phenoxy) is 3. The van der Waals surface area contributed by atoms with E-state index >= 15 is 0 Å². The summed E-state index contributed by atoms with van der Waals surface area (Å²) in [6.07, 6.45) is 9.63. The molecule has 12 heteroatoms. The number of piperazine rings is 1. The summed E-state index contributed by atoms with van der Waals surface area (Å²) < 4.78 is 48.6. The molecule has 4 aliphatic heterocycles. The van der Waals surface area contributed by atoms with Crippen molar-refractivity contribution in [3.63, 3.8) is 0 Å². The highest BCUT2D eigenvalue weighted by molar-refractivity contribution is 7.90. The Bertz CT molecular complexity index is 1850. The maximum atomic E-state index is 13.6. The van der Waals surface area contributed by atoms with Gasteiger partial charge in [-0.05, 0) is 104 Å². The molecule has 6 aliphatic rings. The molecule has 0 radical (unpaired) electrons. The van der Waals surface area contributed by atoms with Crippen molar-refractivity contribution in [1.82, 2.24) is 14.5 Å². The van der Waals surface area contributed by atoms with Crippen LogP contribution >= 0.6 is 11.6 Å². The molecule has 0 aromatic heterocycles. The fourth-order valence-corrected chi connectivity index (χ4v) is 11.7. The predicted octanol–water partition coefficient (Wildman–Crippen LogP) is 5.53. The molecule has 10 nitrogen and oxygen atoms in total. The second-order valence-corrected chi connectivity index (χ2v) is 19.2. The molecule has 1 N–H and O–H groups in total. The lowest BCUT2D eigenvalue weighted by Gasteiger charge is -2.53. The number of aryl methyl sites for hydroxylation is 1. The van der Waals surface area contributed by atoms with Gasteiger partial charge < -0.3 is 19.1 Å². The van der Waals surface area contributed by atoms with Gasteiger partial charge in [-0.3, -0.25) is 14.6 Å². The number of hydrogen-bond acceptors (Lipinski definition) is 9. The van der Waals surface area contributed by atoms with Gasteiger partial charge in [0.15, 0.2) is 0 Å². The number of nitrogens with one attached hydrogen (secondary N) is 1. The van der Waals surface area contributed by atoms with E-state index in [1.807, 2.05) is 25.1 Å². The van der Waals surface area contributed by atoms with Gasteiger partial charge in [0.2, 0.25) is 10.0 Å². The lowest BCUT2D eigenvalue weighted by molar-refractivity contribution is -0.119. The number of allylic oxidation sites excluding steroid dienone is 1. The molecule has 8 rings (SSSR count). The van der Waals surface area contributed by atoms with E-state index in [9.17, 15) is 13.2 Å². The Morgan fingerprint density at radius 1 is 1.06 bits per heavy atom. The highest BCUT2D eigenvalue weighted by Gasteiger charge is 2.50. The van der Waals surface area contributed by atoms with Crippen molar-refractivity contribution in [2.45, 2.75) is 69.9 Å². The van der Waals surface area contributed by atoms with E-state index in [4.69, 9.17) is 25.8 Å². The van der Waals surface area contributed by atoms with Crippen LogP contribution in [-0.4, -0.2) is 114 Å². The van der Waals surface area contributed by atoms with Gasteiger partial charge in [-0.25, -0.2) is 13.1 Å². The van der Waals surface area contributed by atoms with E-state index < -0.39 is 21.5 Å². The van der Waals surface area contributed by atoms with Gasteiger partial charge in [0, 0.05) is 68.4 Å². The van der Waals surface area contributed by atoms with Crippen LogP contribution < -0.4 is 14.4 Å². The van der Waals surface area contributed by atoms with Crippen molar-refractivity contribution >= 4 is 33.2 Å². The van der Waals surface area contributed by atoms with Crippen LogP contribution in [0.2, 0.25) is 5.02 Å². The maximum absolute atomic E-state index is 13.6. The third-order valence-corrected chi connectivity index (χ3v) is 15.2. The molecular weight excluding hydrogens is 724 g/mol. The quantitative estimate of drug-likeness (QED) is 0.393. The molecule has 2 aromatic rings. The molecular formula is C42H57ClN4O6S. The first kappa shape index (κ1) is 38.2. The van der Waals surface area contributed by atoms with Gasteiger partial charge in [0.05, 0.1) is 37.3 Å². The van der Waals surface area contributed by atoms with Crippen LogP contribution in [0.15, 0.2) is 48.6 Å². The molecule has 1 amide bonds. The normalized spacial score (nSPS) is 34.0. The fraction of sp³-hybridized carbons (Fsp3) is 0.643. The van der Waals surface area contributed by atoms with E-state index in [1.165, 1.54) is 11.1 Å². The fourth-order valence-electron chi connectivity index (χ4n) is 10.0. The summed E-state index contributed by atoms with van der Waals surface area (Å²) in [5, 5.41) is 0.749. The average molecular weight is 781 g/mol. The van der Waals surface area contributed by atoms with E-state index in [-0.39, 0.29) is 28.9 Å². The van der Waals surface area contributed by atoms with Crippen LogP contribution in [0.25, 0.3) is 0 Å². The van der Waals surface area contributed by atoms with Crippen molar-refractivity contribution in [2.75, 3.05) is 82.9 Å². The summed E-state index contributed by atoms with van der Waals surface area (Å²) in [6, 6.07) is 12.2. The minimum absolute atomic E-state index is 0.0493. The zero-order valence-electron chi connectivity index (χ0n) is 32.1. The number of anilines is 1. The predicted molar refractivity (Wildman–Crippen MR) is 212 cm³/mol. The molecule has 294 valence electrons. The van der Waals surface area contributed by atoms with Gasteiger partial charge in [0.25, 0.3) is 5.91 Å². The molecule has 6 atom stereocenters. The number of amides is 1. The number of carbonyl (C=O) groups excluding carboxylic acids is 1. The Kier molecular flexibility index (Phi) is 10.9. The topological polar surface area (TPSA) is 101 Å². The van der Waals surface area contributed by atoms with Crippen LogP contribution in [0.4, 0.5) is 5.69 Å². The van der Waals surface area contributed by atoms with Crippen LogP contribution in [0, 0.1) is 23.7 Å². The van der Waals surface area contributed by atoms with Crippen molar-refractivity contribution in [3.8, 4) is 5.75 Å². The first-order valence-electron chi connectivity index (χ1n) is 20.2. The van der Waals surface area contributed by atoms with E-state index in [1.54, 1.807) is 6.07 Å². The van der Waals surface area contributed by atoms with E-state index in [0.29, 0.717) is 30.7 Å². The SMILES string of the molecule is CCO[C@]1(CN2CCN(C3COC3)CC2)/C=C/[C@H](C)[C@H](C)CS(=O)(=O)NC(=O)c2ccc3c(c2)N(C[C@@H]2CC[C@H]21)C[C@@]1(CCCc2cc(Cl)ccc21)CO3. The average Bonchev–Trinajstić information content (AvgIpc) is 3.25. The Morgan fingerprint density at radius 2 is 1.87 bits per heavy atom. The van der Waals surface area contributed by atoms with Crippen molar-refractivity contribution in [3.05, 3.63) is 70.3 Å². The van der Waals surface area contributed by atoms with Crippen LogP contribution in [0.5, 0.6) is 5.75 Å². The molecule has 1 saturated carbocycles. The number of benzene rings is 2. The number of fused-ring (bicyclic) bond motifs is 4. The standard InChI is InChI=1S/C42H57ClN4O6S/c1-4-53-42(27-45-16-18-46(19-17-45)35-23-51-24-35)15-13-29(2)30(3)25-54(49,50)44-40(48)32-8-12-39-38(21-32)47(22-33-7-10-37(33)42)26-41(28-52-39)14-5-6-31-20-34(43)9-11-36(31)41/h8-9,11-13,15,20-21,29-30,33,35,37H,4-7,10,14,16-19,22-28H2,1-3H3,(H,44,48)/b15-13+/t29-,30+,33-,37+,41-,42-/m0/s1. The summed E-state index contributed by atoms with van der Waals surface area (Å²) in [5.74, 6) is 0.284. The molecule has 2 aromatic carbocycles. The Balaban J connectivity index is 1.18. The Hall–Kier alpha value is -2.67. The smallest absolute Gasteiger partial charge is 0.264 e. The number of rotatable bonds is 5.